The molecule has 0 bridgehead atoms. The molecule has 4 rings (SSSR count). The lowest BCUT2D eigenvalue weighted by Crippen LogP contribution is -2.29. The molecular formula is C32H27F3N2O3. The van der Waals surface area contributed by atoms with Crippen LogP contribution in [0.25, 0.3) is 22.4 Å². The molecule has 0 aliphatic carbocycles. The molecule has 0 N–H and O–H groups in total. The maximum Gasteiger partial charge on any atom is 0.417 e. The number of carbonyl (C=O) groups excluding carboxylic acids is 1. The number of aryl methyl sites for hydroxylation is 3. The summed E-state index contributed by atoms with van der Waals surface area (Å²) in [4.78, 5) is 24.8. The van der Waals surface area contributed by atoms with Crippen LogP contribution in [0.15, 0.2) is 77.6 Å². The van der Waals surface area contributed by atoms with E-state index in [1.165, 1.54) is 17.7 Å². The summed E-state index contributed by atoms with van der Waals surface area (Å²) in [6.07, 6.45) is -4.12. The number of nitrogens with zero attached hydrogens (tertiary/aromatic N) is 2. The maximum atomic E-state index is 13.9. The molecule has 3 aromatic carbocycles. The van der Waals surface area contributed by atoms with Crippen LogP contribution in [0.3, 0.4) is 0 Å². The Balaban J connectivity index is 1.79. The van der Waals surface area contributed by atoms with Crippen LogP contribution in [0.2, 0.25) is 0 Å². The summed E-state index contributed by atoms with van der Waals surface area (Å²) in [5.74, 6) is -0.303. The molecule has 1 heterocycles. The molecule has 5 nitrogen and oxygen atoms in total. The van der Waals surface area contributed by atoms with Gasteiger partial charge >= 0.3 is 12.1 Å². The van der Waals surface area contributed by atoms with E-state index in [1.54, 1.807) is 24.3 Å². The van der Waals surface area contributed by atoms with Crippen LogP contribution >= 0.6 is 0 Å². The van der Waals surface area contributed by atoms with Gasteiger partial charge in [0, 0.05) is 6.42 Å². The third-order valence-electron chi connectivity index (χ3n) is 6.83. The second-order valence-corrected chi connectivity index (χ2v) is 9.60. The van der Waals surface area contributed by atoms with Gasteiger partial charge in [0.1, 0.15) is 11.6 Å². The van der Waals surface area contributed by atoms with E-state index in [9.17, 15) is 28.0 Å². The minimum atomic E-state index is -4.87. The van der Waals surface area contributed by atoms with Crippen molar-refractivity contribution in [1.29, 1.82) is 5.26 Å². The first-order valence-corrected chi connectivity index (χ1v) is 12.6. The minimum Gasteiger partial charge on any atom is -0.469 e. The molecule has 0 aliphatic heterocycles. The Hall–Kier alpha value is -4.64. The Labute approximate surface area is 230 Å². The highest BCUT2D eigenvalue weighted by Gasteiger charge is 2.36. The number of alkyl halides is 3. The maximum absolute atomic E-state index is 13.9. The molecule has 0 spiro atoms. The van der Waals surface area contributed by atoms with E-state index < -0.39 is 22.9 Å². The molecule has 0 saturated heterocycles. The molecule has 8 heteroatoms. The summed E-state index contributed by atoms with van der Waals surface area (Å²) in [5, 5.41) is 9.48. The van der Waals surface area contributed by atoms with Gasteiger partial charge in [-0.15, -0.1) is 0 Å². The van der Waals surface area contributed by atoms with Crippen molar-refractivity contribution >= 4 is 5.97 Å². The molecule has 0 atom stereocenters. The molecule has 0 unspecified atom stereocenters. The van der Waals surface area contributed by atoms with Gasteiger partial charge < -0.3 is 9.30 Å². The van der Waals surface area contributed by atoms with E-state index in [4.69, 9.17) is 4.74 Å². The number of benzene rings is 3. The predicted molar refractivity (Wildman–Crippen MR) is 147 cm³/mol. The van der Waals surface area contributed by atoms with Crippen LogP contribution in [0.1, 0.15) is 39.8 Å². The Morgan fingerprint density at radius 2 is 1.65 bits per heavy atom. The molecule has 0 aliphatic rings. The SMILES string of the molecule is COC(=O)CCc1cccc(-c2ccc(-c3cc(C(F)(F)F)c(C#N)c(=O)n3Cc3ccc(C)cc3C)cc2)c1. The number of methoxy groups -OCH3 is 1. The third kappa shape index (κ3) is 6.15. The fourth-order valence-electron chi connectivity index (χ4n) is 4.66. The highest BCUT2D eigenvalue weighted by molar-refractivity contribution is 5.71. The van der Waals surface area contributed by atoms with Gasteiger partial charge in [-0.3, -0.25) is 9.59 Å². The van der Waals surface area contributed by atoms with E-state index >= 15 is 0 Å². The van der Waals surface area contributed by atoms with Gasteiger partial charge in [-0.05, 0) is 59.7 Å². The number of ether oxygens (including phenoxy) is 1. The van der Waals surface area contributed by atoms with E-state index in [0.29, 0.717) is 12.0 Å². The quantitative estimate of drug-likeness (QED) is 0.239. The van der Waals surface area contributed by atoms with Crippen LogP contribution < -0.4 is 5.56 Å². The number of halogens is 3. The van der Waals surface area contributed by atoms with Gasteiger partial charge in [0.25, 0.3) is 5.56 Å². The number of pyridine rings is 1. The predicted octanol–water partition coefficient (Wildman–Crippen LogP) is 6.84. The van der Waals surface area contributed by atoms with Crippen molar-refractivity contribution in [2.24, 2.45) is 0 Å². The number of hydrogen-bond acceptors (Lipinski definition) is 4. The Morgan fingerprint density at radius 3 is 2.27 bits per heavy atom. The molecule has 1 aromatic heterocycles. The highest BCUT2D eigenvalue weighted by atomic mass is 19.4. The molecule has 0 saturated carbocycles. The zero-order valence-electron chi connectivity index (χ0n) is 22.3. The first-order chi connectivity index (χ1) is 19.0. The van der Waals surface area contributed by atoms with Gasteiger partial charge in [-0.1, -0.05) is 72.3 Å². The van der Waals surface area contributed by atoms with Crippen molar-refractivity contribution in [3.63, 3.8) is 0 Å². The lowest BCUT2D eigenvalue weighted by Gasteiger charge is -2.19. The normalized spacial score (nSPS) is 11.2. The number of aromatic nitrogens is 1. The minimum absolute atomic E-state index is 0.0110. The van der Waals surface area contributed by atoms with Gasteiger partial charge in [-0.25, -0.2) is 0 Å². The summed E-state index contributed by atoms with van der Waals surface area (Å²) in [7, 11) is 1.34. The summed E-state index contributed by atoms with van der Waals surface area (Å²) in [5.41, 5.74) is 2.59. The number of hydrogen-bond donors (Lipinski definition) is 0. The van der Waals surface area contributed by atoms with Crippen molar-refractivity contribution < 1.29 is 22.7 Å². The van der Waals surface area contributed by atoms with E-state index in [1.807, 2.05) is 56.3 Å². The van der Waals surface area contributed by atoms with Crippen molar-refractivity contribution in [2.75, 3.05) is 7.11 Å². The second kappa shape index (κ2) is 11.6. The van der Waals surface area contributed by atoms with Crippen LogP contribution in [0.4, 0.5) is 13.2 Å². The van der Waals surface area contributed by atoms with E-state index in [0.717, 1.165) is 39.4 Å². The van der Waals surface area contributed by atoms with Crippen LogP contribution in [0.5, 0.6) is 0 Å². The Bertz CT molecular complexity index is 1660. The monoisotopic (exact) mass is 544 g/mol. The standard InChI is InChI=1S/C32H27F3N2O3/c1-20-7-9-26(21(2)15-20)19-37-29(17-28(32(33,34)35)27(18-36)31(37)39)24-12-10-23(11-13-24)25-6-4-5-22(16-25)8-14-30(38)40-3/h4-7,9-13,15-17H,8,14,19H2,1-3H3. The summed E-state index contributed by atoms with van der Waals surface area (Å²) >= 11 is 0. The van der Waals surface area contributed by atoms with E-state index in [2.05, 4.69) is 0 Å². The number of rotatable bonds is 7. The zero-order chi connectivity index (χ0) is 29.0. The summed E-state index contributed by atoms with van der Waals surface area (Å²) in [6, 6.07) is 22.5. The fraction of sp³-hybridized carbons (Fsp3) is 0.219. The lowest BCUT2D eigenvalue weighted by molar-refractivity contribution is -0.140. The van der Waals surface area contributed by atoms with Crippen molar-refractivity contribution in [3.05, 3.63) is 117 Å². The average molecular weight is 545 g/mol. The largest absolute Gasteiger partial charge is 0.469 e. The number of carbonyl (C=O) groups is 1. The summed E-state index contributed by atoms with van der Waals surface area (Å²) in [6.45, 7) is 3.81. The van der Waals surface area contributed by atoms with Gasteiger partial charge in [0.15, 0.2) is 0 Å². The molecule has 0 fully saturated rings. The van der Waals surface area contributed by atoms with Crippen molar-refractivity contribution in [2.45, 2.75) is 39.4 Å². The van der Waals surface area contributed by atoms with Crippen molar-refractivity contribution in [3.8, 4) is 28.5 Å². The van der Waals surface area contributed by atoms with Crippen LogP contribution in [-0.2, 0) is 28.7 Å². The topological polar surface area (TPSA) is 72.1 Å². The van der Waals surface area contributed by atoms with Gasteiger partial charge in [-0.2, -0.15) is 18.4 Å². The van der Waals surface area contributed by atoms with Crippen LogP contribution in [0, 0.1) is 25.2 Å². The van der Waals surface area contributed by atoms with Crippen molar-refractivity contribution in [1.82, 2.24) is 4.57 Å². The Kier molecular flexibility index (Phi) is 8.24. The Morgan fingerprint density at radius 1 is 0.950 bits per heavy atom. The summed E-state index contributed by atoms with van der Waals surface area (Å²) < 4.78 is 47.7. The van der Waals surface area contributed by atoms with Gasteiger partial charge in [0.05, 0.1) is 24.9 Å². The van der Waals surface area contributed by atoms with Gasteiger partial charge in [0.2, 0.25) is 0 Å². The molecule has 0 radical (unpaired) electrons. The molecule has 204 valence electrons. The lowest BCUT2D eigenvalue weighted by atomic mass is 9.98. The third-order valence-corrected chi connectivity index (χ3v) is 6.83. The molecule has 4 aromatic rings. The average Bonchev–Trinajstić information content (AvgIpc) is 2.93. The van der Waals surface area contributed by atoms with E-state index in [-0.39, 0.29) is 24.6 Å². The molecule has 40 heavy (non-hydrogen) atoms. The van der Waals surface area contributed by atoms with Crippen LogP contribution in [-0.4, -0.2) is 17.6 Å². The first-order valence-electron chi connectivity index (χ1n) is 12.6. The number of esters is 1. The highest BCUT2D eigenvalue weighted by Crippen LogP contribution is 2.34. The smallest absolute Gasteiger partial charge is 0.417 e. The molecule has 0 amide bonds. The molecular weight excluding hydrogens is 517 g/mol. The zero-order valence-corrected chi connectivity index (χ0v) is 22.3. The first kappa shape index (κ1) is 28.4. The number of nitriles is 1. The fourth-order valence-corrected chi connectivity index (χ4v) is 4.66. The second-order valence-electron chi connectivity index (χ2n) is 9.60.